The fourth-order valence-corrected chi connectivity index (χ4v) is 4.15. The summed E-state index contributed by atoms with van der Waals surface area (Å²) >= 11 is 0. The van der Waals surface area contributed by atoms with Crippen LogP contribution in [0.2, 0.25) is 0 Å². The maximum Gasteiger partial charge on any atom is 0.136 e. The van der Waals surface area contributed by atoms with E-state index in [0.29, 0.717) is 0 Å². The van der Waals surface area contributed by atoms with Crippen LogP contribution in [0.5, 0.6) is 0 Å². The van der Waals surface area contributed by atoms with Gasteiger partial charge in [-0.25, -0.2) is 19.3 Å². The molecule has 0 amide bonds. The first kappa shape index (κ1) is 19.6. The molecule has 4 aromatic rings. The van der Waals surface area contributed by atoms with Crippen LogP contribution in [0.4, 0.5) is 4.39 Å². The summed E-state index contributed by atoms with van der Waals surface area (Å²) in [7, 11) is 0. The van der Waals surface area contributed by atoms with Crippen LogP contribution in [0, 0.1) is 5.82 Å². The lowest BCUT2D eigenvalue weighted by Gasteiger charge is -2.18. The number of benzene rings is 1. The third-order valence-corrected chi connectivity index (χ3v) is 5.72. The van der Waals surface area contributed by atoms with Crippen molar-refractivity contribution < 1.29 is 8.91 Å². The molecule has 1 unspecified atom stereocenters. The number of halogens is 1. The average molecular weight is 418 g/mol. The van der Waals surface area contributed by atoms with E-state index in [9.17, 15) is 4.39 Å². The van der Waals surface area contributed by atoms with Gasteiger partial charge in [0.15, 0.2) is 0 Å². The van der Waals surface area contributed by atoms with Gasteiger partial charge >= 0.3 is 0 Å². The van der Waals surface area contributed by atoms with Crippen LogP contribution in [0.25, 0.3) is 22.6 Å². The molecule has 1 aromatic carbocycles. The van der Waals surface area contributed by atoms with Crippen molar-refractivity contribution in [2.75, 3.05) is 13.1 Å². The van der Waals surface area contributed by atoms with E-state index in [0.717, 1.165) is 66.6 Å². The number of hydrogen-bond donors (Lipinski definition) is 0. The van der Waals surface area contributed by atoms with E-state index in [-0.39, 0.29) is 11.9 Å². The molecule has 0 aliphatic carbocycles. The predicted octanol–water partition coefficient (Wildman–Crippen LogP) is 4.14. The maximum atomic E-state index is 13.5. The third-order valence-electron chi connectivity index (χ3n) is 5.72. The molecule has 1 saturated heterocycles. The minimum absolute atomic E-state index is 0.254. The largest absolute Gasteiger partial charge is 0.361 e. The minimum Gasteiger partial charge on any atom is -0.361 e. The SMILES string of the molecule is CCc1cc(CN2CCC(n3cnc(-c4ccc(F)cc4)c3-c3ccncn3)C2)no1. The monoisotopic (exact) mass is 418 g/mol. The fraction of sp³-hybridized carbons (Fsp3) is 0.304. The van der Waals surface area contributed by atoms with Gasteiger partial charge in [0.2, 0.25) is 0 Å². The summed E-state index contributed by atoms with van der Waals surface area (Å²) in [5, 5.41) is 4.18. The lowest BCUT2D eigenvalue weighted by molar-refractivity contribution is 0.299. The molecule has 8 heteroatoms. The molecule has 1 aliphatic heterocycles. The Morgan fingerprint density at radius 1 is 1.16 bits per heavy atom. The molecule has 0 spiro atoms. The number of likely N-dealkylation sites (tertiary alicyclic amines) is 1. The van der Waals surface area contributed by atoms with Gasteiger partial charge < -0.3 is 9.09 Å². The molecule has 7 nitrogen and oxygen atoms in total. The summed E-state index contributed by atoms with van der Waals surface area (Å²) in [5.74, 6) is 0.646. The van der Waals surface area contributed by atoms with Crippen LogP contribution in [0.15, 0.2) is 59.8 Å². The lowest BCUT2D eigenvalue weighted by atomic mass is 10.1. The average Bonchev–Trinajstić information content (AvgIpc) is 3.54. The van der Waals surface area contributed by atoms with Crippen molar-refractivity contribution in [3.8, 4) is 22.6 Å². The second kappa shape index (κ2) is 8.39. The summed E-state index contributed by atoms with van der Waals surface area (Å²) in [6.45, 7) is 4.67. The molecule has 1 aliphatic rings. The molecule has 5 rings (SSSR count). The first-order valence-corrected chi connectivity index (χ1v) is 10.5. The predicted molar refractivity (Wildman–Crippen MR) is 113 cm³/mol. The summed E-state index contributed by atoms with van der Waals surface area (Å²) < 4.78 is 21.0. The zero-order chi connectivity index (χ0) is 21.2. The second-order valence-corrected chi connectivity index (χ2v) is 7.77. The molecular weight excluding hydrogens is 395 g/mol. The number of rotatable bonds is 6. The number of aryl methyl sites for hydroxylation is 1. The second-order valence-electron chi connectivity index (χ2n) is 7.77. The Bertz CT molecular complexity index is 1150. The zero-order valence-corrected chi connectivity index (χ0v) is 17.3. The van der Waals surface area contributed by atoms with Crippen LogP contribution in [0.1, 0.15) is 30.8 Å². The van der Waals surface area contributed by atoms with Crippen LogP contribution >= 0.6 is 0 Å². The summed E-state index contributed by atoms with van der Waals surface area (Å²) in [6.07, 6.45) is 6.98. The van der Waals surface area contributed by atoms with E-state index in [1.54, 1.807) is 18.3 Å². The van der Waals surface area contributed by atoms with Gasteiger partial charge in [-0.05, 0) is 36.8 Å². The zero-order valence-electron chi connectivity index (χ0n) is 17.3. The summed E-state index contributed by atoms with van der Waals surface area (Å²) in [5.41, 5.74) is 4.34. The van der Waals surface area contributed by atoms with Crippen LogP contribution in [0.3, 0.4) is 0 Å². The van der Waals surface area contributed by atoms with Crippen molar-refractivity contribution in [1.29, 1.82) is 0 Å². The van der Waals surface area contributed by atoms with Crippen molar-refractivity contribution in [2.24, 2.45) is 0 Å². The van der Waals surface area contributed by atoms with E-state index < -0.39 is 0 Å². The van der Waals surface area contributed by atoms with Crippen molar-refractivity contribution in [3.63, 3.8) is 0 Å². The molecule has 0 N–H and O–H groups in total. The standard InChI is InChI=1S/C23H23FN6O/c1-2-20-11-18(28-31-20)12-29-10-8-19(13-29)30-15-27-22(16-3-5-17(24)6-4-16)23(30)21-7-9-25-14-26-21/h3-7,9,11,14-15,19H,2,8,10,12-13H2,1H3. The normalized spacial score (nSPS) is 16.8. The molecule has 31 heavy (non-hydrogen) atoms. The Balaban J connectivity index is 1.44. The van der Waals surface area contributed by atoms with E-state index in [1.807, 2.05) is 18.5 Å². The Labute approximate surface area is 179 Å². The highest BCUT2D eigenvalue weighted by atomic mass is 19.1. The quantitative estimate of drug-likeness (QED) is 0.469. The van der Waals surface area contributed by atoms with Gasteiger partial charge in [-0.15, -0.1) is 0 Å². The molecule has 3 aromatic heterocycles. The van der Waals surface area contributed by atoms with Gasteiger partial charge in [-0.3, -0.25) is 4.90 Å². The maximum absolute atomic E-state index is 13.5. The molecule has 4 heterocycles. The van der Waals surface area contributed by atoms with Crippen molar-refractivity contribution in [2.45, 2.75) is 32.4 Å². The Kier molecular flexibility index (Phi) is 5.30. The third kappa shape index (κ3) is 3.98. The van der Waals surface area contributed by atoms with E-state index in [1.165, 1.54) is 18.5 Å². The number of imidazole rings is 1. The van der Waals surface area contributed by atoms with E-state index in [4.69, 9.17) is 9.51 Å². The van der Waals surface area contributed by atoms with Crippen molar-refractivity contribution in [3.05, 3.63) is 72.5 Å². The molecule has 0 bridgehead atoms. The Morgan fingerprint density at radius 2 is 2.03 bits per heavy atom. The van der Waals surface area contributed by atoms with Gasteiger partial charge in [0.05, 0.1) is 29.1 Å². The Morgan fingerprint density at radius 3 is 2.77 bits per heavy atom. The molecule has 0 saturated carbocycles. The van der Waals surface area contributed by atoms with E-state index in [2.05, 4.69) is 31.5 Å². The highest BCUT2D eigenvalue weighted by molar-refractivity contribution is 5.76. The van der Waals surface area contributed by atoms with Gasteiger partial charge in [0.25, 0.3) is 0 Å². The number of nitrogens with zero attached hydrogens (tertiary/aromatic N) is 6. The molecule has 0 radical (unpaired) electrons. The fourth-order valence-electron chi connectivity index (χ4n) is 4.15. The molecule has 1 atom stereocenters. The summed E-state index contributed by atoms with van der Waals surface area (Å²) in [6, 6.07) is 10.6. The smallest absolute Gasteiger partial charge is 0.136 e. The van der Waals surface area contributed by atoms with Gasteiger partial charge in [0, 0.05) is 49.9 Å². The minimum atomic E-state index is -0.266. The molecular formula is C23H23FN6O. The number of hydrogen-bond acceptors (Lipinski definition) is 6. The van der Waals surface area contributed by atoms with Gasteiger partial charge in [-0.1, -0.05) is 12.1 Å². The molecule has 158 valence electrons. The Hall–Kier alpha value is -3.39. The van der Waals surface area contributed by atoms with Crippen molar-refractivity contribution in [1.82, 2.24) is 29.6 Å². The summed E-state index contributed by atoms with van der Waals surface area (Å²) in [4.78, 5) is 15.6. The first-order chi connectivity index (χ1) is 15.2. The van der Waals surface area contributed by atoms with Crippen molar-refractivity contribution >= 4 is 0 Å². The molecule has 1 fully saturated rings. The first-order valence-electron chi connectivity index (χ1n) is 10.5. The van der Waals surface area contributed by atoms with Gasteiger partial charge in [0.1, 0.15) is 17.9 Å². The number of aromatic nitrogens is 5. The topological polar surface area (TPSA) is 72.9 Å². The lowest BCUT2D eigenvalue weighted by Crippen LogP contribution is -2.21. The highest BCUT2D eigenvalue weighted by Crippen LogP contribution is 2.35. The van der Waals surface area contributed by atoms with Crippen LogP contribution in [-0.4, -0.2) is 42.7 Å². The van der Waals surface area contributed by atoms with E-state index >= 15 is 0 Å². The van der Waals surface area contributed by atoms with Crippen LogP contribution < -0.4 is 0 Å². The highest BCUT2D eigenvalue weighted by Gasteiger charge is 2.28. The van der Waals surface area contributed by atoms with Crippen LogP contribution in [-0.2, 0) is 13.0 Å². The van der Waals surface area contributed by atoms with Gasteiger partial charge in [-0.2, -0.15) is 0 Å².